The van der Waals surface area contributed by atoms with Crippen LogP contribution in [0.1, 0.15) is 24.5 Å². The highest BCUT2D eigenvalue weighted by molar-refractivity contribution is 5.33. The van der Waals surface area contributed by atoms with Crippen LogP contribution in [-0.4, -0.2) is 53.8 Å². The Morgan fingerprint density at radius 1 is 1.00 bits per heavy atom. The molecule has 3 rings (SSSR count). The summed E-state index contributed by atoms with van der Waals surface area (Å²) in [6.45, 7) is 7.84. The van der Waals surface area contributed by atoms with Crippen molar-refractivity contribution in [3.8, 4) is 5.75 Å². The number of hydrogen-bond acceptors (Lipinski definition) is 4. The summed E-state index contributed by atoms with van der Waals surface area (Å²) in [4.78, 5) is 5.00. The lowest BCUT2D eigenvalue weighted by Crippen LogP contribution is -2.52. The lowest BCUT2D eigenvalue weighted by atomic mass is 10.1. The summed E-state index contributed by atoms with van der Waals surface area (Å²) in [5.74, 6) is 0.987. The van der Waals surface area contributed by atoms with Crippen molar-refractivity contribution in [3.05, 3.63) is 65.7 Å². The molecule has 0 bridgehead atoms. The van der Waals surface area contributed by atoms with E-state index in [4.69, 9.17) is 4.74 Å². The minimum atomic E-state index is 0.235. The van der Waals surface area contributed by atoms with Gasteiger partial charge in [-0.15, -0.1) is 0 Å². The summed E-state index contributed by atoms with van der Waals surface area (Å²) in [5, 5.41) is 9.53. The molecule has 0 spiro atoms. The fraction of sp³-hybridized carbons (Fsp3) is 0.455. The molecule has 0 aromatic heterocycles. The van der Waals surface area contributed by atoms with Crippen LogP contribution in [0.25, 0.3) is 0 Å². The highest BCUT2D eigenvalue weighted by atomic mass is 16.5. The smallest absolute Gasteiger partial charge is 0.123 e. The average Bonchev–Trinajstić information content (AvgIpc) is 2.67. The van der Waals surface area contributed by atoms with Crippen LogP contribution < -0.4 is 4.74 Å². The second-order valence-corrected chi connectivity index (χ2v) is 6.90. The minimum absolute atomic E-state index is 0.235. The van der Waals surface area contributed by atoms with Crippen molar-refractivity contribution >= 4 is 0 Å². The number of para-hydroxylation sites is 1. The van der Waals surface area contributed by atoms with Gasteiger partial charge in [-0.05, 0) is 25.0 Å². The molecule has 140 valence electrons. The van der Waals surface area contributed by atoms with Gasteiger partial charge in [0.25, 0.3) is 0 Å². The molecule has 26 heavy (non-hydrogen) atoms. The summed E-state index contributed by atoms with van der Waals surface area (Å²) in [7, 11) is 0. The number of nitrogens with zero attached hydrogens (tertiary/aromatic N) is 2. The summed E-state index contributed by atoms with van der Waals surface area (Å²) in [6, 6.07) is 19.3. The Labute approximate surface area is 157 Å². The van der Waals surface area contributed by atoms with Gasteiger partial charge in [-0.25, -0.2) is 0 Å². The average molecular weight is 354 g/mol. The van der Waals surface area contributed by atoms with Gasteiger partial charge in [0, 0.05) is 50.9 Å². The van der Waals surface area contributed by atoms with Crippen LogP contribution >= 0.6 is 0 Å². The van der Waals surface area contributed by atoms with E-state index in [0.717, 1.165) is 44.9 Å². The zero-order chi connectivity index (χ0) is 18.2. The molecule has 1 aliphatic rings. The third-order valence-electron chi connectivity index (χ3n) is 5.05. The van der Waals surface area contributed by atoms with Crippen molar-refractivity contribution in [2.75, 3.05) is 32.8 Å². The Morgan fingerprint density at radius 3 is 2.54 bits per heavy atom. The fourth-order valence-corrected chi connectivity index (χ4v) is 3.72. The lowest BCUT2D eigenvalue weighted by molar-refractivity contribution is 0.0495. The van der Waals surface area contributed by atoms with E-state index in [9.17, 15) is 5.11 Å². The van der Waals surface area contributed by atoms with E-state index in [1.54, 1.807) is 0 Å². The van der Waals surface area contributed by atoms with Crippen molar-refractivity contribution in [2.24, 2.45) is 0 Å². The Morgan fingerprint density at radius 2 is 1.77 bits per heavy atom. The molecule has 2 aromatic carbocycles. The van der Waals surface area contributed by atoms with Crippen LogP contribution in [-0.2, 0) is 13.1 Å². The predicted molar refractivity (Wildman–Crippen MR) is 105 cm³/mol. The maximum atomic E-state index is 9.53. The monoisotopic (exact) mass is 354 g/mol. The molecule has 1 aliphatic heterocycles. The zero-order valence-electron chi connectivity index (χ0n) is 15.7. The van der Waals surface area contributed by atoms with Crippen molar-refractivity contribution < 1.29 is 9.84 Å². The molecule has 1 N–H and O–H groups in total. The number of piperazine rings is 1. The molecule has 0 aliphatic carbocycles. The molecule has 4 heteroatoms. The standard InChI is InChI=1S/C22H30N2O2/c1-2-26-22-11-7-6-10-20(22)17-23-13-14-24(21(18-23)12-15-25)16-19-8-4-3-5-9-19/h3-11,21,25H,2,12-18H2,1H3/t21-/m0/s1. The third-order valence-corrected chi connectivity index (χ3v) is 5.05. The Hall–Kier alpha value is -1.88. The molecular formula is C22H30N2O2. The van der Waals surface area contributed by atoms with E-state index in [1.165, 1.54) is 11.1 Å². The summed E-state index contributed by atoms with van der Waals surface area (Å²) in [5.41, 5.74) is 2.58. The highest BCUT2D eigenvalue weighted by Gasteiger charge is 2.27. The van der Waals surface area contributed by atoms with E-state index in [-0.39, 0.29) is 6.61 Å². The number of rotatable bonds is 8. The van der Waals surface area contributed by atoms with Gasteiger partial charge in [-0.2, -0.15) is 0 Å². The first-order chi connectivity index (χ1) is 12.8. The number of aliphatic hydroxyl groups excluding tert-OH is 1. The number of hydrogen-bond donors (Lipinski definition) is 1. The van der Waals surface area contributed by atoms with Gasteiger partial charge < -0.3 is 9.84 Å². The molecule has 1 heterocycles. The number of ether oxygens (including phenoxy) is 1. The van der Waals surface area contributed by atoms with Crippen LogP contribution in [0.15, 0.2) is 54.6 Å². The van der Waals surface area contributed by atoms with Gasteiger partial charge >= 0.3 is 0 Å². The van der Waals surface area contributed by atoms with Gasteiger partial charge in [-0.3, -0.25) is 9.80 Å². The Balaban J connectivity index is 1.64. The molecule has 0 unspecified atom stereocenters. The van der Waals surface area contributed by atoms with Crippen molar-refractivity contribution in [1.82, 2.24) is 9.80 Å². The van der Waals surface area contributed by atoms with Crippen LogP contribution in [0.5, 0.6) is 5.75 Å². The van der Waals surface area contributed by atoms with Crippen molar-refractivity contribution in [1.29, 1.82) is 0 Å². The predicted octanol–water partition coefficient (Wildman–Crippen LogP) is 3.15. The minimum Gasteiger partial charge on any atom is -0.494 e. The highest BCUT2D eigenvalue weighted by Crippen LogP contribution is 2.23. The zero-order valence-corrected chi connectivity index (χ0v) is 15.7. The van der Waals surface area contributed by atoms with Crippen LogP contribution in [0.3, 0.4) is 0 Å². The second-order valence-electron chi connectivity index (χ2n) is 6.90. The maximum absolute atomic E-state index is 9.53. The number of aliphatic hydroxyl groups is 1. The van der Waals surface area contributed by atoms with E-state index >= 15 is 0 Å². The van der Waals surface area contributed by atoms with E-state index in [2.05, 4.69) is 58.3 Å². The van der Waals surface area contributed by atoms with Gasteiger partial charge in [0.05, 0.1) is 6.61 Å². The summed E-state index contributed by atoms with van der Waals surface area (Å²) in [6.07, 6.45) is 0.816. The summed E-state index contributed by atoms with van der Waals surface area (Å²) >= 11 is 0. The largest absolute Gasteiger partial charge is 0.494 e. The maximum Gasteiger partial charge on any atom is 0.123 e. The first-order valence-corrected chi connectivity index (χ1v) is 9.62. The fourth-order valence-electron chi connectivity index (χ4n) is 3.72. The molecule has 1 saturated heterocycles. The molecule has 1 fully saturated rings. The molecule has 1 atom stereocenters. The summed E-state index contributed by atoms with van der Waals surface area (Å²) < 4.78 is 5.78. The van der Waals surface area contributed by atoms with E-state index in [0.29, 0.717) is 12.6 Å². The Bertz CT molecular complexity index is 662. The molecule has 0 saturated carbocycles. The number of benzene rings is 2. The lowest BCUT2D eigenvalue weighted by Gasteiger charge is -2.41. The van der Waals surface area contributed by atoms with Crippen molar-refractivity contribution in [3.63, 3.8) is 0 Å². The van der Waals surface area contributed by atoms with Crippen LogP contribution in [0.2, 0.25) is 0 Å². The Kier molecular flexibility index (Phi) is 7.06. The first-order valence-electron chi connectivity index (χ1n) is 9.62. The van der Waals surface area contributed by atoms with E-state index < -0.39 is 0 Å². The first kappa shape index (κ1) is 18.9. The van der Waals surface area contributed by atoms with Gasteiger partial charge in [0.1, 0.15) is 5.75 Å². The third kappa shape index (κ3) is 5.07. The molecule has 0 amide bonds. The quantitative estimate of drug-likeness (QED) is 0.790. The molecule has 0 radical (unpaired) electrons. The second kappa shape index (κ2) is 9.72. The molecule has 4 nitrogen and oxygen atoms in total. The SMILES string of the molecule is CCOc1ccccc1CN1CCN(Cc2ccccc2)[C@@H](CCO)C1. The van der Waals surface area contributed by atoms with Gasteiger partial charge in [0.2, 0.25) is 0 Å². The van der Waals surface area contributed by atoms with Crippen LogP contribution in [0.4, 0.5) is 0 Å². The topological polar surface area (TPSA) is 35.9 Å². The van der Waals surface area contributed by atoms with Gasteiger partial charge in [0.15, 0.2) is 0 Å². The molecular weight excluding hydrogens is 324 g/mol. The van der Waals surface area contributed by atoms with E-state index in [1.807, 2.05) is 13.0 Å². The molecule has 2 aromatic rings. The van der Waals surface area contributed by atoms with Crippen LogP contribution in [0, 0.1) is 0 Å². The van der Waals surface area contributed by atoms with Crippen molar-refractivity contribution in [2.45, 2.75) is 32.5 Å². The normalized spacial score (nSPS) is 18.8. The van der Waals surface area contributed by atoms with Gasteiger partial charge in [-0.1, -0.05) is 48.5 Å².